The zero-order chi connectivity index (χ0) is 20.4. The van der Waals surface area contributed by atoms with Crippen LogP contribution in [0.5, 0.6) is 5.75 Å². The van der Waals surface area contributed by atoms with E-state index < -0.39 is 0 Å². The Hall–Kier alpha value is -2.68. The Morgan fingerprint density at radius 2 is 1.74 bits per heavy atom. The molecule has 31 heavy (non-hydrogen) atoms. The number of halogens is 2. The summed E-state index contributed by atoms with van der Waals surface area (Å²) in [5, 5.41) is 26.7. The molecule has 1 saturated heterocycles. The molecule has 4 rings (SSSR count). The van der Waals surface area contributed by atoms with Crippen molar-refractivity contribution >= 4 is 42.8 Å². The van der Waals surface area contributed by atoms with Crippen LogP contribution in [-0.2, 0) is 7.05 Å². The number of aromatic nitrogens is 5. The molecular formula is C21H27Cl2N7O. The van der Waals surface area contributed by atoms with Gasteiger partial charge in [0.2, 0.25) is 0 Å². The van der Waals surface area contributed by atoms with Crippen molar-refractivity contribution in [2.75, 3.05) is 18.0 Å². The smallest absolute Gasteiger partial charge is 0.151 e. The summed E-state index contributed by atoms with van der Waals surface area (Å²) in [5.41, 5.74) is 2.74. The minimum Gasteiger partial charge on any atom is -0.506 e. The monoisotopic (exact) mass is 463 g/mol. The molecule has 2 N–H and O–H groups in total. The molecule has 0 bridgehead atoms. The summed E-state index contributed by atoms with van der Waals surface area (Å²) < 4.78 is 1.74. The third-order valence-corrected chi connectivity index (χ3v) is 4.86. The molecule has 10 heteroatoms. The second-order valence-corrected chi connectivity index (χ2v) is 7.57. The molecule has 0 spiro atoms. The van der Waals surface area contributed by atoms with Crippen LogP contribution in [0.2, 0.25) is 0 Å². The summed E-state index contributed by atoms with van der Waals surface area (Å²) in [6.07, 6.45) is 9.20. The van der Waals surface area contributed by atoms with Crippen LogP contribution in [0.3, 0.4) is 0 Å². The van der Waals surface area contributed by atoms with Gasteiger partial charge in [-0.2, -0.15) is 5.10 Å². The minimum absolute atomic E-state index is 0. The van der Waals surface area contributed by atoms with Gasteiger partial charge in [-0.1, -0.05) is 12.2 Å². The Labute approximate surface area is 194 Å². The van der Waals surface area contributed by atoms with Crippen LogP contribution in [0.1, 0.15) is 25.0 Å². The predicted octanol–water partition coefficient (Wildman–Crippen LogP) is 3.18. The fraction of sp³-hybridized carbons (Fsp3) is 0.333. The summed E-state index contributed by atoms with van der Waals surface area (Å²) >= 11 is 0. The number of pyridine rings is 1. The summed E-state index contributed by atoms with van der Waals surface area (Å²) in [5.74, 6) is 0.911. The Morgan fingerprint density at radius 3 is 2.32 bits per heavy atom. The zero-order valence-corrected chi connectivity index (χ0v) is 19.3. The fourth-order valence-electron chi connectivity index (χ4n) is 3.61. The fourth-order valence-corrected chi connectivity index (χ4v) is 3.61. The lowest BCUT2D eigenvalue weighted by Gasteiger charge is -2.36. The van der Waals surface area contributed by atoms with E-state index >= 15 is 0 Å². The molecule has 2 atom stereocenters. The number of hydrogen-bond acceptors (Lipinski definition) is 7. The van der Waals surface area contributed by atoms with Crippen molar-refractivity contribution in [3.63, 3.8) is 0 Å². The second-order valence-electron chi connectivity index (χ2n) is 7.57. The van der Waals surface area contributed by atoms with Gasteiger partial charge >= 0.3 is 0 Å². The van der Waals surface area contributed by atoms with Crippen molar-refractivity contribution in [1.82, 2.24) is 30.3 Å². The summed E-state index contributed by atoms with van der Waals surface area (Å²) in [6.45, 7) is 6.10. The number of hydrogen-bond donors (Lipinski definition) is 2. The van der Waals surface area contributed by atoms with E-state index in [9.17, 15) is 5.11 Å². The summed E-state index contributed by atoms with van der Waals surface area (Å²) in [4.78, 5) is 6.61. The van der Waals surface area contributed by atoms with Crippen LogP contribution in [-0.4, -0.2) is 55.2 Å². The Morgan fingerprint density at radius 1 is 1.03 bits per heavy atom. The Balaban J connectivity index is 0.00000171. The molecule has 8 nitrogen and oxygen atoms in total. The van der Waals surface area contributed by atoms with Gasteiger partial charge in [0.1, 0.15) is 17.1 Å². The third-order valence-electron chi connectivity index (χ3n) is 4.86. The van der Waals surface area contributed by atoms with Crippen molar-refractivity contribution in [3.8, 4) is 17.1 Å². The second kappa shape index (κ2) is 10.6. The molecule has 1 aliphatic rings. The number of piperazine rings is 1. The van der Waals surface area contributed by atoms with E-state index in [1.165, 1.54) is 0 Å². The molecule has 3 aromatic heterocycles. The maximum atomic E-state index is 10.4. The molecule has 1 fully saturated rings. The van der Waals surface area contributed by atoms with Crippen LogP contribution in [0.15, 0.2) is 36.8 Å². The van der Waals surface area contributed by atoms with Crippen LogP contribution < -0.4 is 10.2 Å². The quantitative estimate of drug-likeness (QED) is 0.613. The van der Waals surface area contributed by atoms with Gasteiger partial charge in [0.15, 0.2) is 5.82 Å². The highest BCUT2D eigenvalue weighted by atomic mass is 35.5. The SMILES string of the molecule is CC1CN(c2ccc(-c3ncc(/C=C/c4cnn(C)c4)cc3O)nn2)C[C@H](C)N1.Cl.Cl. The molecule has 0 aromatic carbocycles. The number of nitrogens with one attached hydrogen (secondary N) is 1. The molecule has 1 unspecified atom stereocenters. The van der Waals surface area contributed by atoms with Gasteiger partial charge < -0.3 is 15.3 Å². The molecule has 0 aliphatic carbocycles. The number of anilines is 1. The van der Waals surface area contributed by atoms with Crippen molar-refractivity contribution < 1.29 is 5.11 Å². The predicted molar refractivity (Wildman–Crippen MR) is 128 cm³/mol. The third kappa shape index (κ3) is 5.94. The Kier molecular flexibility index (Phi) is 8.38. The lowest BCUT2D eigenvalue weighted by atomic mass is 10.1. The van der Waals surface area contributed by atoms with Crippen LogP contribution >= 0.6 is 24.8 Å². The van der Waals surface area contributed by atoms with Gasteiger partial charge in [0, 0.05) is 50.2 Å². The molecule has 4 heterocycles. The van der Waals surface area contributed by atoms with E-state index in [1.54, 1.807) is 23.1 Å². The van der Waals surface area contributed by atoms with Gasteiger partial charge in [-0.3, -0.25) is 4.68 Å². The first kappa shape index (κ1) is 24.6. The van der Waals surface area contributed by atoms with E-state index in [-0.39, 0.29) is 30.6 Å². The van der Waals surface area contributed by atoms with E-state index in [2.05, 4.69) is 44.3 Å². The largest absolute Gasteiger partial charge is 0.506 e. The highest BCUT2D eigenvalue weighted by Gasteiger charge is 2.22. The molecule has 3 aromatic rings. The maximum absolute atomic E-state index is 10.4. The van der Waals surface area contributed by atoms with Gasteiger partial charge in [0.05, 0.1) is 6.20 Å². The van der Waals surface area contributed by atoms with E-state index in [0.717, 1.165) is 30.0 Å². The first-order valence-electron chi connectivity index (χ1n) is 9.69. The first-order valence-corrected chi connectivity index (χ1v) is 9.69. The number of rotatable bonds is 4. The van der Waals surface area contributed by atoms with Crippen molar-refractivity contribution in [3.05, 3.63) is 47.9 Å². The van der Waals surface area contributed by atoms with Crippen LogP contribution in [0, 0.1) is 0 Å². The first-order chi connectivity index (χ1) is 14.0. The number of aromatic hydroxyl groups is 1. The normalized spacial score (nSPS) is 18.5. The van der Waals surface area contributed by atoms with Crippen molar-refractivity contribution in [1.29, 1.82) is 0 Å². The number of nitrogens with zero attached hydrogens (tertiary/aromatic N) is 6. The molecule has 0 amide bonds. The topological polar surface area (TPSA) is 92.0 Å². The van der Waals surface area contributed by atoms with Crippen LogP contribution in [0.4, 0.5) is 5.82 Å². The highest BCUT2D eigenvalue weighted by molar-refractivity contribution is 5.85. The molecule has 0 saturated carbocycles. The van der Waals surface area contributed by atoms with E-state index in [4.69, 9.17) is 0 Å². The standard InChI is InChI=1S/C21H25N7O.2ClH/c1-14-11-28(12-15(2)24-14)20-7-6-18(25-26-20)21-19(29)8-16(9-22-21)4-5-17-10-23-27(3)13-17;;/h4-10,13-15,24,29H,11-12H2,1-3H3;2*1H/b5-4+;;/t14-,15?;;/m0../s1. The summed E-state index contributed by atoms with van der Waals surface area (Å²) in [6, 6.07) is 6.26. The zero-order valence-electron chi connectivity index (χ0n) is 17.6. The van der Waals surface area contributed by atoms with E-state index in [1.807, 2.05) is 37.5 Å². The minimum atomic E-state index is 0. The van der Waals surface area contributed by atoms with Crippen LogP contribution in [0.25, 0.3) is 23.5 Å². The molecule has 0 radical (unpaired) electrons. The average Bonchev–Trinajstić information content (AvgIpc) is 3.11. The van der Waals surface area contributed by atoms with E-state index in [0.29, 0.717) is 23.5 Å². The van der Waals surface area contributed by atoms with Gasteiger partial charge in [-0.15, -0.1) is 35.0 Å². The Bertz CT molecular complexity index is 1010. The van der Waals surface area contributed by atoms with Gasteiger partial charge in [-0.25, -0.2) is 4.98 Å². The maximum Gasteiger partial charge on any atom is 0.151 e. The van der Waals surface area contributed by atoms with Gasteiger partial charge in [-0.05, 0) is 37.6 Å². The molecular weight excluding hydrogens is 437 g/mol. The van der Waals surface area contributed by atoms with Crippen molar-refractivity contribution in [2.45, 2.75) is 25.9 Å². The highest BCUT2D eigenvalue weighted by Crippen LogP contribution is 2.27. The summed E-state index contributed by atoms with van der Waals surface area (Å²) in [7, 11) is 1.87. The lowest BCUT2D eigenvalue weighted by molar-refractivity contribution is 0.404. The lowest BCUT2D eigenvalue weighted by Crippen LogP contribution is -2.54. The average molecular weight is 464 g/mol. The van der Waals surface area contributed by atoms with Crippen molar-refractivity contribution in [2.24, 2.45) is 7.05 Å². The molecule has 1 aliphatic heterocycles. The number of aryl methyl sites for hydroxylation is 1. The van der Waals surface area contributed by atoms with Gasteiger partial charge in [0.25, 0.3) is 0 Å². The molecule has 166 valence electrons.